The molecule has 5 nitrogen and oxygen atoms in total. The van der Waals surface area contributed by atoms with Crippen molar-refractivity contribution in [2.24, 2.45) is 0 Å². The van der Waals surface area contributed by atoms with E-state index in [9.17, 15) is 14.7 Å². The van der Waals surface area contributed by atoms with E-state index in [2.05, 4.69) is 6.58 Å². The third-order valence-electron chi connectivity index (χ3n) is 2.59. The number of carbonyl (C=O) groups excluding carboxylic acids is 2. The molecule has 1 N–H and O–H groups in total. The molecule has 2 rings (SSSR count). The van der Waals surface area contributed by atoms with Gasteiger partial charge in [-0.2, -0.15) is 5.26 Å². The van der Waals surface area contributed by atoms with Crippen molar-refractivity contribution in [3.8, 4) is 11.8 Å². The van der Waals surface area contributed by atoms with Gasteiger partial charge in [0.2, 0.25) is 0 Å². The van der Waals surface area contributed by atoms with Gasteiger partial charge < -0.3 is 5.11 Å². The van der Waals surface area contributed by atoms with Crippen molar-refractivity contribution in [1.29, 1.82) is 5.26 Å². The minimum atomic E-state index is -0.342. The number of aromatic hydroxyl groups is 1. The van der Waals surface area contributed by atoms with Crippen LogP contribution >= 0.6 is 0 Å². The normalized spacial score (nSPS) is 12.7. The lowest BCUT2D eigenvalue weighted by Crippen LogP contribution is -2.30. The zero-order chi connectivity index (χ0) is 15.1. The van der Waals surface area contributed by atoms with E-state index in [0.717, 1.165) is 10.5 Å². The molecule has 0 radical (unpaired) electrons. The van der Waals surface area contributed by atoms with Crippen molar-refractivity contribution in [2.45, 2.75) is 13.3 Å². The van der Waals surface area contributed by atoms with E-state index in [1.54, 1.807) is 18.2 Å². The molecule has 1 aliphatic rings. The number of phenols is 1. The number of hydrogen-bond acceptors (Lipinski definition) is 4. The Balaban J connectivity index is 0.000000444. The van der Waals surface area contributed by atoms with Crippen LogP contribution in [0.5, 0.6) is 5.75 Å². The van der Waals surface area contributed by atoms with Crippen molar-refractivity contribution in [3.63, 3.8) is 0 Å². The number of nitriles is 1. The van der Waals surface area contributed by atoms with E-state index in [1.807, 2.05) is 6.92 Å². The van der Waals surface area contributed by atoms with Crippen LogP contribution < -0.4 is 4.90 Å². The first kappa shape index (κ1) is 15.2. The Hall–Kier alpha value is -2.87. The van der Waals surface area contributed by atoms with Gasteiger partial charge in [0, 0.05) is 18.2 Å². The highest BCUT2D eigenvalue weighted by molar-refractivity contribution is 6.28. The molecule has 0 aliphatic carbocycles. The van der Waals surface area contributed by atoms with Gasteiger partial charge in [-0.25, -0.2) is 4.90 Å². The smallest absolute Gasteiger partial charge is 0.258 e. The summed E-state index contributed by atoms with van der Waals surface area (Å²) in [6.07, 6.45) is 4.31. The number of carbonyl (C=O) groups is 2. The molecule has 0 bridgehead atoms. The minimum absolute atomic E-state index is 0.132. The van der Waals surface area contributed by atoms with Crippen LogP contribution in [0, 0.1) is 11.3 Å². The van der Waals surface area contributed by atoms with Gasteiger partial charge >= 0.3 is 0 Å². The maximum Gasteiger partial charge on any atom is 0.258 e. The van der Waals surface area contributed by atoms with Gasteiger partial charge in [0.25, 0.3) is 11.8 Å². The Morgan fingerprint density at radius 1 is 1.35 bits per heavy atom. The number of amides is 2. The zero-order valence-electron chi connectivity index (χ0n) is 11.0. The number of anilines is 1. The molecule has 0 saturated heterocycles. The summed E-state index contributed by atoms with van der Waals surface area (Å²) in [4.78, 5) is 24.1. The summed E-state index contributed by atoms with van der Waals surface area (Å²) in [5, 5.41) is 16.8. The number of nitrogens with zero attached hydrogens (tertiary/aromatic N) is 2. The van der Waals surface area contributed by atoms with Gasteiger partial charge in [-0.3, -0.25) is 9.59 Å². The first-order valence-corrected chi connectivity index (χ1v) is 5.93. The molecule has 1 aromatic carbocycles. The molecule has 1 heterocycles. The lowest BCUT2D eigenvalue weighted by molar-refractivity contribution is -0.120. The first-order chi connectivity index (χ1) is 9.54. The van der Waals surface area contributed by atoms with Crippen LogP contribution in [0.1, 0.15) is 12.5 Å². The average molecular weight is 270 g/mol. The fourth-order valence-corrected chi connectivity index (χ4v) is 1.71. The number of imide groups is 1. The molecule has 1 aromatic rings. The molecule has 0 spiro atoms. The molecular weight excluding hydrogens is 256 g/mol. The SMILES string of the molecule is C=CC#N.CCc1cc(O)ccc1N1C(=O)C=CC1=O. The fraction of sp³-hybridized carbons (Fsp3) is 0.133. The van der Waals surface area contributed by atoms with Crippen LogP contribution in [-0.2, 0) is 16.0 Å². The number of allylic oxidation sites excluding steroid dienone is 1. The highest BCUT2D eigenvalue weighted by atomic mass is 16.3. The van der Waals surface area contributed by atoms with Gasteiger partial charge in [-0.1, -0.05) is 13.5 Å². The quantitative estimate of drug-likeness (QED) is 0.659. The van der Waals surface area contributed by atoms with Crippen LogP contribution in [0.3, 0.4) is 0 Å². The van der Waals surface area contributed by atoms with Gasteiger partial charge in [0.15, 0.2) is 0 Å². The summed E-state index contributed by atoms with van der Waals surface area (Å²) in [7, 11) is 0. The van der Waals surface area contributed by atoms with Crippen molar-refractivity contribution >= 4 is 17.5 Å². The molecule has 0 fully saturated rings. The van der Waals surface area contributed by atoms with E-state index < -0.39 is 0 Å². The van der Waals surface area contributed by atoms with Crippen molar-refractivity contribution in [3.05, 3.63) is 48.6 Å². The second-order valence-electron chi connectivity index (χ2n) is 3.85. The monoisotopic (exact) mass is 270 g/mol. The predicted molar refractivity (Wildman–Crippen MR) is 74.9 cm³/mol. The Morgan fingerprint density at radius 3 is 2.35 bits per heavy atom. The average Bonchev–Trinajstić information content (AvgIpc) is 2.78. The molecule has 0 aromatic heterocycles. The third kappa shape index (κ3) is 3.33. The molecule has 1 aliphatic heterocycles. The largest absolute Gasteiger partial charge is 0.508 e. The summed E-state index contributed by atoms with van der Waals surface area (Å²) in [5.41, 5.74) is 1.31. The molecule has 102 valence electrons. The zero-order valence-corrected chi connectivity index (χ0v) is 11.0. The highest BCUT2D eigenvalue weighted by Gasteiger charge is 2.26. The topological polar surface area (TPSA) is 81.4 Å². The van der Waals surface area contributed by atoms with Crippen molar-refractivity contribution in [1.82, 2.24) is 0 Å². The Kier molecular flexibility index (Phi) is 5.24. The number of hydrogen-bond donors (Lipinski definition) is 1. The van der Waals surface area contributed by atoms with Crippen molar-refractivity contribution in [2.75, 3.05) is 4.90 Å². The number of benzene rings is 1. The predicted octanol–water partition coefficient (Wildman–Crippen LogP) is 2.08. The summed E-state index contributed by atoms with van der Waals surface area (Å²) < 4.78 is 0. The van der Waals surface area contributed by atoms with Crippen molar-refractivity contribution < 1.29 is 14.7 Å². The lowest BCUT2D eigenvalue weighted by atomic mass is 10.1. The molecule has 0 atom stereocenters. The third-order valence-corrected chi connectivity index (χ3v) is 2.59. The first-order valence-electron chi connectivity index (χ1n) is 5.93. The standard InChI is InChI=1S/C12H11NO3.C3H3N/c1-2-8-7-9(14)3-4-10(8)13-11(15)5-6-12(13)16;1-2-3-4/h3-7,14H,2H2,1H3;2H,1H2. The van der Waals surface area contributed by atoms with Crippen LogP contribution in [0.4, 0.5) is 5.69 Å². The van der Waals surface area contributed by atoms with Gasteiger partial charge in [0.1, 0.15) is 5.75 Å². The molecule has 5 heteroatoms. The van der Waals surface area contributed by atoms with Gasteiger partial charge in [0.05, 0.1) is 11.8 Å². The van der Waals surface area contributed by atoms with E-state index in [1.165, 1.54) is 24.3 Å². The summed E-state index contributed by atoms with van der Waals surface area (Å²) in [6.45, 7) is 5.02. The fourth-order valence-electron chi connectivity index (χ4n) is 1.71. The second-order valence-corrected chi connectivity index (χ2v) is 3.85. The molecule has 0 unspecified atom stereocenters. The second kappa shape index (κ2) is 6.90. The minimum Gasteiger partial charge on any atom is -0.508 e. The van der Waals surface area contributed by atoms with E-state index in [0.29, 0.717) is 12.1 Å². The number of phenolic OH excluding ortho intramolecular Hbond substituents is 1. The summed E-state index contributed by atoms with van der Waals surface area (Å²) in [5.74, 6) is -0.552. The van der Waals surface area contributed by atoms with Crippen LogP contribution in [-0.4, -0.2) is 16.9 Å². The molecule has 0 saturated carbocycles. The molecule has 2 amide bonds. The Labute approximate surface area is 117 Å². The number of aryl methyl sites for hydroxylation is 1. The van der Waals surface area contributed by atoms with Gasteiger partial charge in [-0.15, -0.1) is 0 Å². The number of rotatable bonds is 2. The Bertz CT molecular complexity index is 594. The van der Waals surface area contributed by atoms with E-state index in [4.69, 9.17) is 5.26 Å². The van der Waals surface area contributed by atoms with Crippen LogP contribution in [0.25, 0.3) is 0 Å². The summed E-state index contributed by atoms with van der Waals surface area (Å²) in [6, 6.07) is 6.30. The van der Waals surface area contributed by atoms with Gasteiger partial charge in [-0.05, 0) is 30.2 Å². The lowest BCUT2D eigenvalue weighted by Gasteiger charge is -2.17. The van der Waals surface area contributed by atoms with Crippen LogP contribution in [0.2, 0.25) is 0 Å². The maximum absolute atomic E-state index is 11.5. The maximum atomic E-state index is 11.5. The Morgan fingerprint density at radius 2 is 1.90 bits per heavy atom. The van der Waals surface area contributed by atoms with E-state index >= 15 is 0 Å². The van der Waals surface area contributed by atoms with E-state index in [-0.39, 0.29) is 17.6 Å². The molecule has 20 heavy (non-hydrogen) atoms. The highest BCUT2D eigenvalue weighted by Crippen LogP contribution is 2.27. The molecular formula is C15H14N2O3. The van der Waals surface area contributed by atoms with Crippen LogP contribution in [0.15, 0.2) is 43.0 Å². The summed E-state index contributed by atoms with van der Waals surface area (Å²) >= 11 is 0.